The van der Waals surface area contributed by atoms with Crippen LogP contribution in [0.4, 0.5) is 10.5 Å². The van der Waals surface area contributed by atoms with E-state index >= 15 is 0 Å². The number of thioether (sulfide) groups is 1. The van der Waals surface area contributed by atoms with Crippen molar-refractivity contribution in [2.75, 3.05) is 30.7 Å². The Hall–Kier alpha value is -2.18. The Morgan fingerprint density at radius 3 is 2.37 bits per heavy atom. The zero-order valence-electron chi connectivity index (χ0n) is 17.3. The molecule has 2 aliphatic heterocycles. The highest BCUT2D eigenvalue weighted by Gasteiger charge is 2.47. The molecule has 2 heterocycles. The quantitative estimate of drug-likeness (QED) is 0.696. The molecule has 2 aromatic carbocycles. The number of aryl methyl sites for hydroxylation is 2. The number of rotatable bonds is 2. The van der Waals surface area contributed by atoms with Crippen LogP contribution in [0.1, 0.15) is 34.3 Å². The molecule has 7 heteroatoms. The van der Waals surface area contributed by atoms with Crippen molar-refractivity contribution in [3.8, 4) is 0 Å². The SMILES string of the molecule is Cc1ccc(NC(=O)N2CCC3(CC2)SCCN3C(=O)c2ccc(Cl)cc2)cc1C. The number of urea groups is 1. The zero-order chi connectivity index (χ0) is 21.3. The second-order valence-corrected chi connectivity index (χ2v) is 9.87. The molecule has 0 radical (unpaired) electrons. The fourth-order valence-electron chi connectivity index (χ4n) is 4.14. The van der Waals surface area contributed by atoms with Gasteiger partial charge in [-0.2, -0.15) is 0 Å². The first-order valence-corrected chi connectivity index (χ1v) is 11.6. The summed E-state index contributed by atoms with van der Waals surface area (Å²) >= 11 is 7.81. The molecule has 1 spiro atoms. The Balaban J connectivity index is 1.40. The predicted molar refractivity (Wildman–Crippen MR) is 123 cm³/mol. The van der Waals surface area contributed by atoms with Crippen molar-refractivity contribution in [1.29, 1.82) is 0 Å². The second-order valence-electron chi connectivity index (χ2n) is 7.97. The summed E-state index contributed by atoms with van der Waals surface area (Å²) in [5.74, 6) is 0.971. The number of piperidine rings is 1. The lowest BCUT2D eigenvalue weighted by molar-refractivity contribution is 0.0585. The summed E-state index contributed by atoms with van der Waals surface area (Å²) in [5, 5.41) is 3.64. The standard InChI is InChI=1S/C23H26ClN3O2S/c1-16-3-8-20(15-17(16)2)25-22(29)26-11-9-23(10-12-26)27(13-14-30-23)21(28)18-4-6-19(24)7-5-18/h3-8,15H,9-14H2,1-2H3,(H,25,29). The van der Waals surface area contributed by atoms with E-state index in [1.54, 1.807) is 24.3 Å². The van der Waals surface area contributed by atoms with Crippen LogP contribution in [0.25, 0.3) is 0 Å². The van der Waals surface area contributed by atoms with E-state index in [1.807, 2.05) is 46.7 Å². The maximum absolute atomic E-state index is 13.1. The molecule has 30 heavy (non-hydrogen) atoms. The highest BCUT2D eigenvalue weighted by atomic mass is 35.5. The van der Waals surface area contributed by atoms with Gasteiger partial charge in [-0.1, -0.05) is 17.7 Å². The van der Waals surface area contributed by atoms with Gasteiger partial charge >= 0.3 is 6.03 Å². The molecular weight excluding hydrogens is 418 g/mol. The molecule has 2 fully saturated rings. The van der Waals surface area contributed by atoms with Crippen LogP contribution in [-0.2, 0) is 0 Å². The number of carbonyl (C=O) groups excluding carboxylic acids is 2. The molecule has 0 unspecified atom stereocenters. The van der Waals surface area contributed by atoms with Crippen molar-refractivity contribution in [2.45, 2.75) is 31.6 Å². The van der Waals surface area contributed by atoms with Crippen LogP contribution in [0, 0.1) is 13.8 Å². The van der Waals surface area contributed by atoms with Crippen LogP contribution >= 0.6 is 23.4 Å². The van der Waals surface area contributed by atoms with Gasteiger partial charge < -0.3 is 15.1 Å². The molecule has 2 saturated heterocycles. The van der Waals surface area contributed by atoms with Crippen LogP contribution < -0.4 is 5.32 Å². The maximum Gasteiger partial charge on any atom is 0.321 e. The van der Waals surface area contributed by atoms with E-state index in [1.165, 1.54) is 5.56 Å². The van der Waals surface area contributed by atoms with Gasteiger partial charge in [0.1, 0.15) is 0 Å². The van der Waals surface area contributed by atoms with Crippen molar-refractivity contribution in [1.82, 2.24) is 9.80 Å². The Labute approximate surface area is 186 Å². The molecule has 0 aromatic heterocycles. The average molecular weight is 444 g/mol. The van der Waals surface area contributed by atoms with E-state index in [2.05, 4.69) is 12.2 Å². The first-order chi connectivity index (χ1) is 14.4. The Kier molecular flexibility index (Phi) is 5.98. The summed E-state index contributed by atoms with van der Waals surface area (Å²) in [6, 6.07) is 13.0. The molecular formula is C23H26ClN3O2S. The molecule has 5 nitrogen and oxygen atoms in total. The summed E-state index contributed by atoms with van der Waals surface area (Å²) in [4.78, 5) is 29.5. The molecule has 3 amide bonds. The molecule has 0 saturated carbocycles. The van der Waals surface area contributed by atoms with Crippen molar-refractivity contribution in [3.05, 3.63) is 64.2 Å². The number of nitrogens with one attached hydrogen (secondary N) is 1. The van der Waals surface area contributed by atoms with Gasteiger partial charge in [-0.3, -0.25) is 4.79 Å². The number of nitrogens with zero attached hydrogens (tertiary/aromatic N) is 2. The van der Waals surface area contributed by atoms with Crippen LogP contribution in [0.2, 0.25) is 5.02 Å². The van der Waals surface area contributed by atoms with Crippen molar-refractivity contribution in [2.24, 2.45) is 0 Å². The smallest absolute Gasteiger partial charge is 0.321 e. The minimum atomic E-state index is -0.228. The van der Waals surface area contributed by atoms with Crippen molar-refractivity contribution in [3.63, 3.8) is 0 Å². The molecule has 1 N–H and O–H groups in total. The Morgan fingerprint density at radius 1 is 1.00 bits per heavy atom. The average Bonchev–Trinajstić information content (AvgIpc) is 3.14. The van der Waals surface area contributed by atoms with Gasteiger partial charge in [0.15, 0.2) is 0 Å². The minimum absolute atomic E-state index is 0.0460. The third-order valence-electron chi connectivity index (χ3n) is 6.10. The zero-order valence-corrected chi connectivity index (χ0v) is 18.9. The van der Waals surface area contributed by atoms with E-state index in [-0.39, 0.29) is 16.8 Å². The topological polar surface area (TPSA) is 52.7 Å². The van der Waals surface area contributed by atoms with Crippen LogP contribution in [0.15, 0.2) is 42.5 Å². The summed E-state index contributed by atoms with van der Waals surface area (Å²) < 4.78 is 0. The van der Waals surface area contributed by atoms with E-state index in [9.17, 15) is 9.59 Å². The summed E-state index contributed by atoms with van der Waals surface area (Å²) in [6.07, 6.45) is 1.55. The Bertz CT molecular complexity index is 955. The second kappa shape index (κ2) is 8.52. The van der Waals surface area contributed by atoms with Crippen molar-refractivity contribution >= 4 is 41.0 Å². The van der Waals surface area contributed by atoms with Gasteiger partial charge in [-0.25, -0.2) is 4.79 Å². The normalized spacial score (nSPS) is 18.0. The van der Waals surface area contributed by atoms with Gasteiger partial charge in [0.2, 0.25) is 0 Å². The minimum Gasteiger partial charge on any atom is -0.324 e. The van der Waals surface area contributed by atoms with Gasteiger partial charge in [0, 0.05) is 41.7 Å². The number of anilines is 1. The highest BCUT2D eigenvalue weighted by Crippen LogP contribution is 2.44. The molecule has 158 valence electrons. The molecule has 0 atom stereocenters. The van der Waals surface area contributed by atoms with E-state index in [4.69, 9.17) is 11.6 Å². The molecule has 2 aliphatic rings. The van der Waals surface area contributed by atoms with E-state index in [0.717, 1.165) is 36.4 Å². The van der Waals surface area contributed by atoms with Crippen LogP contribution in [0.5, 0.6) is 0 Å². The molecule has 0 bridgehead atoms. The van der Waals surface area contributed by atoms with Crippen molar-refractivity contribution < 1.29 is 9.59 Å². The highest BCUT2D eigenvalue weighted by molar-refractivity contribution is 8.00. The van der Waals surface area contributed by atoms with Crippen LogP contribution in [-0.4, -0.2) is 52.0 Å². The number of amides is 3. The van der Waals surface area contributed by atoms with Gasteiger partial charge in [0.05, 0.1) is 4.87 Å². The van der Waals surface area contributed by atoms with Gasteiger partial charge in [-0.15, -0.1) is 11.8 Å². The summed E-state index contributed by atoms with van der Waals surface area (Å²) in [5.41, 5.74) is 3.84. The number of carbonyl (C=O) groups is 2. The fourth-order valence-corrected chi connectivity index (χ4v) is 5.72. The third-order valence-corrected chi connectivity index (χ3v) is 7.91. The number of hydrogen-bond donors (Lipinski definition) is 1. The largest absolute Gasteiger partial charge is 0.324 e. The number of halogens is 1. The monoisotopic (exact) mass is 443 g/mol. The molecule has 4 rings (SSSR count). The summed E-state index contributed by atoms with van der Waals surface area (Å²) in [6.45, 7) is 6.10. The maximum atomic E-state index is 13.1. The lowest BCUT2D eigenvalue weighted by Gasteiger charge is -2.44. The third kappa shape index (κ3) is 4.16. The molecule has 0 aliphatic carbocycles. The first kappa shape index (κ1) is 21.1. The predicted octanol–water partition coefficient (Wildman–Crippen LogP) is 5.17. The summed E-state index contributed by atoms with van der Waals surface area (Å²) in [7, 11) is 0. The van der Waals surface area contributed by atoms with Crippen LogP contribution in [0.3, 0.4) is 0 Å². The number of benzene rings is 2. The van der Waals surface area contributed by atoms with E-state index < -0.39 is 0 Å². The molecule has 2 aromatic rings. The van der Waals surface area contributed by atoms with E-state index in [0.29, 0.717) is 23.7 Å². The number of likely N-dealkylation sites (tertiary alicyclic amines) is 1. The lowest BCUT2D eigenvalue weighted by atomic mass is 10.0. The van der Waals surface area contributed by atoms with Gasteiger partial charge in [0.25, 0.3) is 5.91 Å². The lowest BCUT2D eigenvalue weighted by Crippen LogP contribution is -2.54. The van der Waals surface area contributed by atoms with Gasteiger partial charge in [-0.05, 0) is 74.2 Å². The fraction of sp³-hybridized carbons (Fsp3) is 0.391. The first-order valence-electron chi connectivity index (χ1n) is 10.2. The number of hydrogen-bond acceptors (Lipinski definition) is 3. The Morgan fingerprint density at radius 2 is 1.70 bits per heavy atom.